The van der Waals surface area contributed by atoms with Crippen molar-refractivity contribution in [1.29, 1.82) is 0 Å². The van der Waals surface area contributed by atoms with Crippen molar-refractivity contribution in [3.63, 3.8) is 0 Å². The standard InChI is InChI=1S/C15H16N4O2/c1-2-13-17-14-11(15(20)21)5-3-6-12(14)19(13)10-9-18-8-4-7-16-18/h3-8H,2,9-10H2,1H3,(H,20,21). The van der Waals surface area contributed by atoms with Gasteiger partial charge < -0.3 is 9.67 Å². The fourth-order valence-corrected chi connectivity index (χ4v) is 2.52. The van der Waals surface area contributed by atoms with Gasteiger partial charge in [-0.15, -0.1) is 0 Å². The van der Waals surface area contributed by atoms with Crippen LogP contribution in [0.1, 0.15) is 23.1 Å². The number of nitrogens with zero attached hydrogens (tertiary/aromatic N) is 4. The summed E-state index contributed by atoms with van der Waals surface area (Å²) in [5, 5.41) is 13.5. The molecule has 0 atom stereocenters. The van der Waals surface area contributed by atoms with Gasteiger partial charge in [0.1, 0.15) is 11.3 Å². The number of hydrogen-bond acceptors (Lipinski definition) is 3. The molecule has 2 aromatic heterocycles. The van der Waals surface area contributed by atoms with Crippen molar-refractivity contribution >= 4 is 17.0 Å². The van der Waals surface area contributed by atoms with Crippen molar-refractivity contribution < 1.29 is 9.90 Å². The van der Waals surface area contributed by atoms with E-state index in [9.17, 15) is 9.90 Å². The Labute approximate surface area is 121 Å². The maximum atomic E-state index is 11.3. The lowest BCUT2D eigenvalue weighted by Gasteiger charge is -2.08. The minimum absolute atomic E-state index is 0.250. The lowest BCUT2D eigenvalue weighted by Crippen LogP contribution is -2.10. The zero-order chi connectivity index (χ0) is 14.8. The van der Waals surface area contributed by atoms with Crippen molar-refractivity contribution in [2.75, 3.05) is 0 Å². The van der Waals surface area contributed by atoms with Crippen LogP contribution in [-0.2, 0) is 19.5 Å². The van der Waals surface area contributed by atoms with Crippen molar-refractivity contribution in [2.24, 2.45) is 0 Å². The summed E-state index contributed by atoms with van der Waals surface area (Å²) < 4.78 is 3.93. The first-order valence-electron chi connectivity index (χ1n) is 6.89. The maximum Gasteiger partial charge on any atom is 0.337 e. The topological polar surface area (TPSA) is 72.9 Å². The largest absolute Gasteiger partial charge is 0.478 e. The summed E-state index contributed by atoms with van der Waals surface area (Å²) >= 11 is 0. The van der Waals surface area contributed by atoms with Crippen LogP contribution in [0, 0.1) is 0 Å². The Morgan fingerprint density at radius 2 is 2.14 bits per heavy atom. The molecule has 0 aliphatic carbocycles. The average Bonchev–Trinajstić information content (AvgIpc) is 3.11. The van der Waals surface area contributed by atoms with E-state index in [4.69, 9.17) is 0 Å². The minimum atomic E-state index is -0.944. The fourth-order valence-electron chi connectivity index (χ4n) is 2.52. The van der Waals surface area contributed by atoms with Crippen LogP contribution in [0.3, 0.4) is 0 Å². The number of rotatable bonds is 5. The lowest BCUT2D eigenvalue weighted by molar-refractivity contribution is 0.0699. The number of fused-ring (bicyclic) bond motifs is 1. The quantitative estimate of drug-likeness (QED) is 0.779. The van der Waals surface area contributed by atoms with E-state index in [-0.39, 0.29) is 5.56 Å². The molecule has 0 saturated heterocycles. The summed E-state index contributed by atoms with van der Waals surface area (Å²) in [6.45, 7) is 3.46. The fraction of sp³-hybridized carbons (Fsp3) is 0.267. The van der Waals surface area contributed by atoms with Gasteiger partial charge in [-0.1, -0.05) is 13.0 Å². The van der Waals surface area contributed by atoms with Crippen LogP contribution >= 0.6 is 0 Å². The number of aromatic carboxylic acids is 1. The van der Waals surface area contributed by atoms with Gasteiger partial charge in [-0.05, 0) is 18.2 Å². The molecule has 1 N–H and O–H groups in total. The number of carboxylic acids is 1. The number of carboxylic acid groups (broad SMARTS) is 1. The summed E-state index contributed by atoms with van der Waals surface area (Å²) in [6.07, 6.45) is 4.41. The van der Waals surface area contributed by atoms with Crippen molar-refractivity contribution in [1.82, 2.24) is 19.3 Å². The Morgan fingerprint density at radius 1 is 1.29 bits per heavy atom. The molecule has 6 heteroatoms. The predicted molar refractivity (Wildman–Crippen MR) is 78.3 cm³/mol. The second-order valence-electron chi connectivity index (χ2n) is 4.78. The van der Waals surface area contributed by atoms with Crippen molar-refractivity contribution in [2.45, 2.75) is 26.4 Å². The van der Waals surface area contributed by atoms with Crippen LogP contribution in [-0.4, -0.2) is 30.4 Å². The van der Waals surface area contributed by atoms with E-state index in [1.807, 2.05) is 29.9 Å². The second kappa shape index (κ2) is 5.40. The second-order valence-corrected chi connectivity index (χ2v) is 4.78. The molecule has 6 nitrogen and oxygen atoms in total. The van der Waals surface area contributed by atoms with E-state index < -0.39 is 5.97 Å². The first kappa shape index (κ1) is 13.4. The summed E-state index contributed by atoms with van der Waals surface area (Å²) in [5.41, 5.74) is 1.67. The van der Waals surface area contributed by atoms with E-state index in [1.165, 1.54) is 0 Å². The van der Waals surface area contributed by atoms with Crippen LogP contribution < -0.4 is 0 Å². The van der Waals surface area contributed by atoms with Gasteiger partial charge in [0.15, 0.2) is 0 Å². The Kier molecular flexibility index (Phi) is 3.43. The normalized spacial score (nSPS) is 11.1. The molecule has 0 bridgehead atoms. The lowest BCUT2D eigenvalue weighted by atomic mass is 10.2. The van der Waals surface area contributed by atoms with Gasteiger partial charge in [0.2, 0.25) is 0 Å². The monoisotopic (exact) mass is 284 g/mol. The van der Waals surface area contributed by atoms with E-state index >= 15 is 0 Å². The SMILES string of the molecule is CCc1nc2c(C(=O)O)cccc2n1CCn1cccn1. The highest BCUT2D eigenvalue weighted by Gasteiger charge is 2.15. The Balaban J connectivity index is 2.04. The molecule has 0 spiro atoms. The van der Waals surface area contributed by atoms with Crippen LogP contribution in [0.2, 0.25) is 0 Å². The maximum absolute atomic E-state index is 11.3. The predicted octanol–water partition coefficient (Wildman–Crippen LogP) is 2.19. The molecule has 1 aromatic carbocycles. The number of aromatic nitrogens is 4. The van der Waals surface area contributed by atoms with Gasteiger partial charge in [0.25, 0.3) is 0 Å². The average molecular weight is 284 g/mol. The number of benzene rings is 1. The molecule has 0 amide bonds. The van der Waals surface area contributed by atoms with Gasteiger partial charge in [-0.3, -0.25) is 4.68 Å². The Morgan fingerprint density at radius 3 is 2.81 bits per heavy atom. The van der Waals surface area contributed by atoms with Crippen LogP contribution in [0.5, 0.6) is 0 Å². The zero-order valence-corrected chi connectivity index (χ0v) is 11.7. The third-order valence-electron chi connectivity index (χ3n) is 3.52. The molecule has 108 valence electrons. The van der Waals surface area contributed by atoms with Gasteiger partial charge in [-0.25, -0.2) is 9.78 Å². The molecule has 0 saturated carbocycles. The summed E-state index contributed by atoms with van der Waals surface area (Å²) in [5.74, 6) is -0.0502. The first-order valence-corrected chi connectivity index (χ1v) is 6.89. The summed E-state index contributed by atoms with van der Waals surface area (Å²) in [6, 6.07) is 7.15. The van der Waals surface area contributed by atoms with E-state index in [0.717, 1.165) is 24.3 Å². The highest BCUT2D eigenvalue weighted by Crippen LogP contribution is 2.21. The molecular weight excluding hydrogens is 268 g/mol. The first-order chi connectivity index (χ1) is 10.2. The van der Waals surface area contributed by atoms with Gasteiger partial charge >= 0.3 is 5.97 Å². The number of para-hydroxylation sites is 1. The van der Waals surface area contributed by atoms with Crippen LogP contribution in [0.15, 0.2) is 36.7 Å². The molecular formula is C15H16N4O2. The molecule has 0 unspecified atom stereocenters. The van der Waals surface area contributed by atoms with Crippen LogP contribution in [0.25, 0.3) is 11.0 Å². The molecule has 2 heterocycles. The molecule has 3 rings (SSSR count). The zero-order valence-electron chi connectivity index (χ0n) is 11.7. The molecule has 0 radical (unpaired) electrons. The summed E-state index contributed by atoms with van der Waals surface area (Å²) in [7, 11) is 0. The van der Waals surface area contributed by atoms with Crippen molar-refractivity contribution in [3.05, 3.63) is 48.0 Å². The molecule has 0 fully saturated rings. The van der Waals surface area contributed by atoms with Gasteiger partial charge in [0, 0.05) is 25.4 Å². The van der Waals surface area contributed by atoms with Gasteiger partial charge in [-0.2, -0.15) is 5.10 Å². The molecule has 3 aromatic rings. The molecule has 21 heavy (non-hydrogen) atoms. The smallest absolute Gasteiger partial charge is 0.337 e. The van der Waals surface area contributed by atoms with Crippen molar-refractivity contribution in [3.8, 4) is 0 Å². The minimum Gasteiger partial charge on any atom is -0.478 e. The number of aryl methyl sites for hydroxylation is 3. The highest BCUT2D eigenvalue weighted by molar-refractivity contribution is 6.01. The van der Waals surface area contributed by atoms with Gasteiger partial charge in [0.05, 0.1) is 17.6 Å². The number of hydrogen-bond donors (Lipinski definition) is 1. The Bertz CT molecular complexity index is 774. The third kappa shape index (κ3) is 2.40. The number of carbonyl (C=O) groups is 1. The third-order valence-corrected chi connectivity index (χ3v) is 3.52. The van der Waals surface area contributed by atoms with E-state index in [2.05, 4.69) is 14.6 Å². The highest BCUT2D eigenvalue weighted by atomic mass is 16.4. The van der Waals surface area contributed by atoms with Crippen LogP contribution in [0.4, 0.5) is 0 Å². The summed E-state index contributed by atoms with van der Waals surface area (Å²) in [4.78, 5) is 15.8. The molecule has 0 aliphatic rings. The number of imidazole rings is 1. The Hall–Kier alpha value is -2.63. The van der Waals surface area contributed by atoms with E-state index in [0.29, 0.717) is 12.1 Å². The van der Waals surface area contributed by atoms with E-state index in [1.54, 1.807) is 18.3 Å². The molecule has 0 aliphatic heterocycles.